The molecule has 0 spiro atoms. The molecule has 6 heteroatoms. The zero-order chi connectivity index (χ0) is 59.9. The van der Waals surface area contributed by atoms with Crippen LogP contribution in [0.5, 0.6) is 0 Å². The van der Waals surface area contributed by atoms with E-state index in [4.69, 9.17) is 14.2 Å². The van der Waals surface area contributed by atoms with Crippen molar-refractivity contribution in [1.82, 2.24) is 0 Å². The number of hydrogen-bond donors (Lipinski definition) is 0. The van der Waals surface area contributed by atoms with Crippen molar-refractivity contribution in [1.29, 1.82) is 0 Å². The third-order valence-electron chi connectivity index (χ3n) is 13.4. The van der Waals surface area contributed by atoms with Crippen molar-refractivity contribution >= 4 is 17.9 Å². The van der Waals surface area contributed by atoms with Crippen LogP contribution in [0.3, 0.4) is 0 Å². The summed E-state index contributed by atoms with van der Waals surface area (Å²) in [6.07, 6.45) is 103. The Morgan fingerprint density at radius 3 is 0.723 bits per heavy atom. The summed E-state index contributed by atoms with van der Waals surface area (Å²) in [6, 6.07) is 0. The summed E-state index contributed by atoms with van der Waals surface area (Å²) < 4.78 is 16.9. The van der Waals surface area contributed by atoms with Crippen LogP contribution >= 0.6 is 0 Å². The number of carbonyl (C=O) groups excluding carboxylic acids is 3. The number of allylic oxidation sites excluding steroid dienone is 30. The molecule has 0 aromatic rings. The molecule has 6 nitrogen and oxygen atoms in total. The standard InChI is InChI=1S/C77H120O6/c1-4-7-10-13-16-19-22-25-28-31-33-35-36-37-38-39-40-42-43-46-49-52-55-58-61-64-67-70-76(79)82-73-74(72-81-75(78)69-66-63-60-57-54-51-48-45-30-27-24-21-18-15-12-9-6-3)83-77(80)71-68-65-62-59-56-53-50-47-44-41-34-32-29-26-23-20-17-14-11-8-5-2/h7-12,16-21,25-30,33-35,37-38,40-42,48,51,57,60,74H,4-6,13-15,22-24,31-32,36,39,43-47,49-50,52-56,58-59,61-73H2,1-3H3/b10-7-,11-8-,12-9-,19-16-,20-17-,21-18-,28-25-,29-26-,30-27-,35-33-,38-37-,41-34-,42-40-,51-48-,60-57-. The van der Waals surface area contributed by atoms with Crippen LogP contribution in [0, 0.1) is 0 Å². The minimum Gasteiger partial charge on any atom is -0.462 e. The first-order valence-electron chi connectivity index (χ1n) is 33.3. The molecule has 0 rings (SSSR count). The van der Waals surface area contributed by atoms with E-state index < -0.39 is 6.10 Å². The topological polar surface area (TPSA) is 78.9 Å². The Balaban J connectivity index is 4.49. The molecule has 0 aliphatic rings. The number of unbranched alkanes of at least 4 members (excludes halogenated alkanes) is 17. The molecule has 464 valence electrons. The lowest BCUT2D eigenvalue weighted by molar-refractivity contribution is -0.167. The van der Waals surface area contributed by atoms with E-state index in [1.165, 1.54) is 64.2 Å². The molecule has 1 unspecified atom stereocenters. The molecule has 0 aromatic carbocycles. The molecular formula is C77H120O6. The largest absolute Gasteiger partial charge is 0.462 e. The fourth-order valence-electron chi connectivity index (χ4n) is 8.53. The fourth-order valence-corrected chi connectivity index (χ4v) is 8.53. The SMILES string of the molecule is CC/C=C\C/C=C\C/C=C\C/C=C\C/C=C\C/C=C\CCCCCCCCCCC(=O)OCC(COC(=O)CCC/C=C\C/C=C\C/C=C\C/C=C\C/C=C\CC)OC(=O)CCCCCCCCCC/C=C\C/C=C\C/C=C\C/C=C\CC. The van der Waals surface area contributed by atoms with Crippen LogP contribution in [0.1, 0.15) is 265 Å². The van der Waals surface area contributed by atoms with Gasteiger partial charge in [0, 0.05) is 19.3 Å². The van der Waals surface area contributed by atoms with E-state index in [-0.39, 0.29) is 37.5 Å². The molecule has 83 heavy (non-hydrogen) atoms. The van der Waals surface area contributed by atoms with Gasteiger partial charge in [-0.15, -0.1) is 0 Å². The highest BCUT2D eigenvalue weighted by Gasteiger charge is 2.19. The Labute approximate surface area is 510 Å². The van der Waals surface area contributed by atoms with Crippen LogP contribution < -0.4 is 0 Å². The van der Waals surface area contributed by atoms with Crippen molar-refractivity contribution in [2.45, 2.75) is 271 Å². The number of esters is 3. The summed E-state index contributed by atoms with van der Waals surface area (Å²) in [5.41, 5.74) is 0. The van der Waals surface area contributed by atoms with Gasteiger partial charge in [-0.3, -0.25) is 14.4 Å². The molecular weight excluding hydrogens is 1020 g/mol. The lowest BCUT2D eigenvalue weighted by atomic mass is 10.1. The van der Waals surface area contributed by atoms with E-state index in [1.54, 1.807) is 0 Å². The second-order valence-electron chi connectivity index (χ2n) is 21.2. The van der Waals surface area contributed by atoms with Gasteiger partial charge < -0.3 is 14.2 Å². The molecule has 1 atom stereocenters. The van der Waals surface area contributed by atoms with E-state index in [1.807, 2.05) is 0 Å². The van der Waals surface area contributed by atoms with Gasteiger partial charge >= 0.3 is 17.9 Å². The molecule has 0 aromatic heterocycles. The van der Waals surface area contributed by atoms with Crippen molar-refractivity contribution in [2.75, 3.05) is 13.2 Å². The molecule has 0 aliphatic heterocycles. The summed E-state index contributed by atoms with van der Waals surface area (Å²) in [4.78, 5) is 38.4. The predicted molar refractivity (Wildman–Crippen MR) is 361 cm³/mol. The van der Waals surface area contributed by atoms with Gasteiger partial charge in [-0.2, -0.15) is 0 Å². The molecule has 0 radical (unpaired) electrons. The Hall–Kier alpha value is -5.49. The molecule has 0 saturated carbocycles. The van der Waals surface area contributed by atoms with E-state index in [9.17, 15) is 14.4 Å². The molecule has 0 saturated heterocycles. The normalized spacial score (nSPS) is 13.3. The van der Waals surface area contributed by atoms with Crippen molar-refractivity contribution in [3.63, 3.8) is 0 Å². The summed E-state index contributed by atoms with van der Waals surface area (Å²) in [5, 5.41) is 0. The van der Waals surface area contributed by atoms with Gasteiger partial charge in [0.15, 0.2) is 6.10 Å². The highest BCUT2D eigenvalue weighted by atomic mass is 16.6. The van der Waals surface area contributed by atoms with Crippen LogP contribution in [0.15, 0.2) is 182 Å². The first-order chi connectivity index (χ1) is 41.0. The van der Waals surface area contributed by atoms with Gasteiger partial charge in [-0.25, -0.2) is 0 Å². The van der Waals surface area contributed by atoms with Crippen LogP contribution in [0.2, 0.25) is 0 Å². The second-order valence-corrected chi connectivity index (χ2v) is 21.2. The van der Waals surface area contributed by atoms with Gasteiger partial charge in [0.05, 0.1) is 0 Å². The van der Waals surface area contributed by atoms with Crippen LogP contribution in [-0.4, -0.2) is 37.2 Å². The summed E-state index contributed by atoms with van der Waals surface area (Å²) in [7, 11) is 0. The van der Waals surface area contributed by atoms with E-state index in [0.29, 0.717) is 19.3 Å². The van der Waals surface area contributed by atoms with E-state index in [0.717, 1.165) is 154 Å². The minimum atomic E-state index is -0.822. The second kappa shape index (κ2) is 69.0. The first-order valence-corrected chi connectivity index (χ1v) is 33.3. The van der Waals surface area contributed by atoms with Gasteiger partial charge in [-0.1, -0.05) is 280 Å². The van der Waals surface area contributed by atoms with Gasteiger partial charge in [-0.05, 0) is 148 Å². The van der Waals surface area contributed by atoms with Crippen molar-refractivity contribution in [3.8, 4) is 0 Å². The van der Waals surface area contributed by atoms with Crippen molar-refractivity contribution in [3.05, 3.63) is 182 Å². The van der Waals surface area contributed by atoms with Gasteiger partial charge in [0.2, 0.25) is 0 Å². The number of hydrogen-bond acceptors (Lipinski definition) is 6. The number of rotatable bonds is 58. The maximum absolute atomic E-state index is 12.9. The van der Waals surface area contributed by atoms with E-state index >= 15 is 0 Å². The average Bonchev–Trinajstić information content (AvgIpc) is 3.49. The first kappa shape index (κ1) is 77.5. The molecule has 0 fully saturated rings. The molecule has 0 amide bonds. The molecule has 0 aliphatic carbocycles. The maximum Gasteiger partial charge on any atom is 0.306 e. The zero-order valence-electron chi connectivity index (χ0n) is 53.1. The minimum absolute atomic E-state index is 0.112. The van der Waals surface area contributed by atoms with E-state index in [2.05, 4.69) is 203 Å². The molecule has 0 bridgehead atoms. The third kappa shape index (κ3) is 67.2. The quantitative estimate of drug-likeness (QED) is 0.0261. The lowest BCUT2D eigenvalue weighted by Gasteiger charge is -2.18. The van der Waals surface area contributed by atoms with Gasteiger partial charge in [0.1, 0.15) is 13.2 Å². The van der Waals surface area contributed by atoms with Crippen molar-refractivity contribution in [2.24, 2.45) is 0 Å². The monoisotopic (exact) mass is 1140 g/mol. The van der Waals surface area contributed by atoms with Gasteiger partial charge in [0.25, 0.3) is 0 Å². The van der Waals surface area contributed by atoms with Crippen molar-refractivity contribution < 1.29 is 28.6 Å². The third-order valence-corrected chi connectivity index (χ3v) is 13.4. The predicted octanol–water partition coefficient (Wildman–Crippen LogP) is 23.2. The molecule has 0 heterocycles. The van der Waals surface area contributed by atoms with Crippen LogP contribution in [-0.2, 0) is 28.6 Å². The Morgan fingerprint density at radius 2 is 0.446 bits per heavy atom. The number of ether oxygens (including phenoxy) is 3. The number of carbonyl (C=O) groups is 3. The highest BCUT2D eigenvalue weighted by molar-refractivity contribution is 5.71. The van der Waals surface area contributed by atoms with Crippen LogP contribution in [0.25, 0.3) is 0 Å². The highest BCUT2D eigenvalue weighted by Crippen LogP contribution is 2.15. The molecule has 0 N–H and O–H groups in total. The summed E-state index contributed by atoms with van der Waals surface area (Å²) >= 11 is 0. The smallest absolute Gasteiger partial charge is 0.306 e. The van der Waals surface area contributed by atoms with Crippen LogP contribution in [0.4, 0.5) is 0 Å². The Bertz CT molecular complexity index is 1940. The summed E-state index contributed by atoms with van der Waals surface area (Å²) in [5.74, 6) is -0.993. The zero-order valence-corrected chi connectivity index (χ0v) is 53.1. The Morgan fingerprint density at radius 1 is 0.241 bits per heavy atom. The average molecular weight is 1140 g/mol. The lowest BCUT2D eigenvalue weighted by Crippen LogP contribution is -2.30. The Kier molecular flexibility index (Phi) is 64.4. The summed E-state index contributed by atoms with van der Waals surface area (Å²) in [6.45, 7) is 6.24. The maximum atomic E-state index is 12.9. The fraction of sp³-hybridized carbons (Fsp3) is 0.571.